The fourth-order valence-corrected chi connectivity index (χ4v) is 3.36. The molecule has 3 rings (SSSR count). The fraction of sp³-hybridized carbons (Fsp3) is 0.429. The molecule has 6 nitrogen and oxygen atoms in total. The van der Waals surface area contributed by atoms with E-state index in [9.17, 15) is 4.79 Å². The lowest BCUT2D eigenvalue weighted by atomic mass is 10.1. The average molecular weight is 367 g/mol. The summed E-state index contributed by atoms with van der Waals surface area (Å²) in [5.41, 5.74) is 2.19. The Kier molecular flexibility index (Phi) is 6.65. The fourth-order valence-electron chi connectivity index (χ4n) is 3.36. The first-order valence-electron chi connectivity index (χ1n) is 9.56. The molecule has 1 fully saturated rings. The van der Waals surface area contributed by atoms with Gasteiger partial charge in [-0.15, -0.1) is 0 Å². The molecule has 0 aliphatic carbocycles. The Labute approximate surface area is 161 Å². The van der Waals surface area contributed by atoms with Crippen molar-refractivity contribution < 1.29 is 4.79 Å². The molecule has 1 atom stereocenters. The number of pyridine rings is 1. The summed E-state index contributed by atoms with van der Waals surface area (Å²) in [6.07, 6.45) is 4.32. The number of amides is 2. The topological polar surface area (TPSA) is 60.5 Å². The van der Waals surface area contributed by atoms with Gasteiger partial charge in [-0.25, -0.2) is 9.78 Å². The van der Waals surface area contributed by atoms with Gasteiger partial charge in [0.05, 0.1) is 6.04 Å². The molecule has 0 saturated carbocycles. The minimum atomic E-state index is -0.165. The van der Waals surface area contributed by atoms with Crippen molar-refractivity contribution in [2.75, 3.05) is 38.6 Å². The molecule has 2 amide bonds. The first-order valence-corrected chi connectivity index (χ1v) is 9.56. The molecular weight excluding hydrogens is 338 g/mol. The van der Waals surface area contributed by atoms with E-state index in [4.69, 9.17) is 0 Å². The van der Waals surface area contributed by atoms with Crippen LogP contribution in [0.2, 0.25) is 0 Å². The summed E-state index contributed by atoms with van der Waals surface area (Å²) in [7, 11) is 4.04. The molecule has 1 aliphatic heterocycles. The number of rotatable bonds is 7. The predicted molar refractivity (Wildman–Crippen MR) is 109 cm³/mol. The Hall–Kier alpha value is -2.60. The van der Waals surface area contributed by atoms with Crippen LogP contribution in [0.5, 0.6) is 0 Å². The summed E-state index contributed by atoms with van der Waals surface area (Å²) in [5, 5.41) is 5.88. The van der Waals surface area contributed by atoms with Crippen molar-refractivity contribution in [3.63, 3.8) is 0 Å². The van der Waals surface area contributed by atoms with E-state index < -0.39 is 0 Å². The molecule has 1 aromatic heterocycles. The number of benzene rings is 1. The number of hydrogen-bond donors (Lipinski definition) is 2. The van der Waals surface area contributed by atoms with E-state index in [1.54, 1.807) is 0 Å². The van der Waals surface area contributed by atoms with Gasteiger partial charge in [-0.05, 0) is 44.1 Å². The van der Waals surface area contributed by atoms with Crippen LogP contribution in [0.15, 0.2) is 48.7 Å². The van der Waals surface area contributed by atoms with Gasteiger partial charge < -0.3 is 20.4 Å². The largest absolute Gasteiger partial charge is 0.357 e. The second-order valence-electron chi connectivity index (χ2n) is 7.17. The zero-order chi connectivity index (χ0) is 19.1. The van der Waals surface area contributed by atoms with Crippen LogP contribution in [-0.2, 0) is 6.54 Å². The third kappa shape index (κ3) is 5.44. The third-order valence-electron chi connectivity index (χ3n) is 4.96. The van der Waals surface area contributed by atoms with Crippen molar-refractivity contribution in [3.05, 3.63) is 59.8 Å². The van der Waals surface area contributed by atoms with E-state index in [2.05, 4.69) is 37.6 Å². The minimum absolute atomic E-state index is 0.137. The van der Waals surface area contributed by atoms with Crippen LogP contribution in [-0.4, -0.2) is 49.6 Å². The number of aromatic nitrogens is 1. The van der Waals surface area contributed by atoms with Crippen LogP contribution in [0.4, 0.5) is 10.6 Å². The monoisotopic (exact) mass is 367 g/mol. The molecule has 0 radical (unpaired) electrons. The van der Waals surface area contributed by atoms with Gasteiger partial charge in [0.25, 0.3) is 0 Å². The SMILES string of the molecule is CN(C)C(CNC(=O)NCc1ccc(N2CCCC2)nc1)c1ccccc1. The Balaban J connectivity index is 1.46. The highest BCUT2D eigenvalue weighted by atomic mass is 16.2. The van der Waals surface area contributed by atoms with E-state index >= 15 is 0 Å². The maximum absolute atomic E-state index is 12.2. The molecule has 2 N–H and O–H groups in total. The second-order valence-corrected chi connectivity index (χ2v) is 7.17. The third-order valence-corrected chi connectivity index (χ3v) is 4.96. The standard InChI is InChI=1S/C21H29N5O/c1-25(2)19(18-8-4-3-5-9-18)16-24-21(27)23-15-17-10-11-20(22-14-17)26-12-6-7-13-26/h3-5,8-11,14,19H,6-7,12-13,15-16H2,1-2H3,(H2,23,24,27). The van der Waals surface area contributed by atoms with Crippen molar-refractivity contribution in [2.24, 2.45) is 0 Å². The van der Waals surface area contributed by atoms with Crippen LogP contribution in [0, 0.1) is 0 Å². The van der Waals surface area contributed by atoms with E-state index in [0.29, 0.717) is 13.1 Å². The van der Waals surface area contributed by atoms with E-state index in [1.807, 2.05) is 50.6 Å². The van der Waals surface area contributed by atoms with Crippen molar-refractivity contribution in [1.82, 2.24) is 20.5 Å². The summed E-state index contributed by atoms with van der Waals surface area (Å²) in [6, 6.07) is 14.2. The quantitative estimate of drug-likeness (QED) is 0.790. The number of hydrogen-bond acceptors (Lipinski definition) is 4. The molecule has 2 heterocycles. The summed E-state index contributed by atoms with van der Waals surface area (Å²) in [6.45, 7) is 3.19. The first kappa shape index (κ1) is 19.2. The van der Waals surface area contributed by atoms with Crippen LogP contribution in [0.25, 0.3) is 0 Å². The molecule has 0 spiro atoms. The van der Waals surface area contributed by atoms with Crippen molar-refractivity contribution in [3.8, 4) is 0 Å². The van der Waals surface area contributed by atoms with Gasteiger partial charge in [0.15, 0.2) is 0 Å². The van der Waals surface area contributed by atoms with Crippen LogP contribution in [0.3, 0.4) is 0 Å². The normalized spacial score (nSPS) is 15.0. The zero-order valence-corrected chi connectivity index (χ0v) is 16.2. The summed E-state index contributed by atoms with van der Waals surface area (Å²) < 4.78 is 0. The molecular formula is C21H29N5O. The Morgan fingerprint density at radius 1 is 1.11 bits per heavy atom. The number of likely N-dealkylation sites (N-methyl/N-ethyl adjacent to an activating group) is 1. The highest BCUT2D eigenvalue weighted by Gasteiger charge is 2.15. The molecule has 1 unspecified atom stereocenters. The van der Waals surface area contributed by atoms with Crippen molar-refractivity contribution in [1.29, 1.82) is 0 Å². The molecule has 2 aromatic rings. The number of carbonyl (C=O) groups excluding carboxylic acids is 1. The molecule has 1 aliphatic rings. The highest BCUT2D eigenvalue weighted by Crippen LogP contribution is 2.18. The predicted octanol–water partition coefficient (Wildman–Crippen LogP) is 2.78. The summed E-state index contributed by atoms with van der Waals surface area (Å²) in [4.78, 5) is 21.1. The summed E-state index contributed by atoms with van der Waals surface area (Å²) >= 11 is 0. The van der Waals surface area contributed by atoms with Gasteiger partial charge in [0.1, 0.15) is 5.82 Å². The molecule has 144 valence electrons. The number of urea groups is 1. The van der Waals surface area contributed by atoms with Crippen LogP contribution < -0.4 is 15.5 Å². The minimum Gasteiger partial charge on any atom is -0.357 e. The molecule has 27 heavy (non-hydrogen) atoms. The average Bonchev–Trinajstić information content (AvgIpc) is 3.22. The highest BCUT2D eigenvalue weighted by molar-refractivity contribution is 5.73. The summed E-state index contributed by atoms with van der Waals surface area (Å²) in [5.74, 6) is 1.03. The number of nitrogens with zero attached hydrogens (tertiary/aromatic N) is 3. The van der Waals surface area contributed by atoms with Gasteiger partial charge in [0.2, 0.25) is 0 Å². The van der Waals surface area contributed by atoms with Gasteiger partial charge >= 0.3 is 6.03 Å². The van der Waals surface area contributed by atoms with E-state index in [-0.39, 0.29) is 12.1 Å². The van der Waals surface area contributed by atoms with E-state index in [1.165, 1.54) is 18.4 Å². The Bertz CT molecular complexity index is 711. The molecule has 1 aromatic carbocycles. The Morgan fingerprint density at radius 2 is 1.85 bits per heavy atom. The number of anilines is 1. The first-order chi connectivity index (χ1) is 13.1. The molecule has 1 saturated heterocycles. The van der Waals surface area contributed by atoms with Crippen LogP contribution in [0.1, 0.15) is 30.0 Å². The zero-order valence-electron chi connectivity index (χ0n) is 16.2. The maximum Gasteiger partial charge on any atom is 0.315 e. The molecule has 0 bridgehead atoms. The lowest BCUT2D eigenvalue weighted by Gasteiger charge is -2.25. The maximum atomic E-state index is 12.2. The lowest BCUT2D eigenvalue weighted by Crippen LogP contribution is -2.40. The van der Waals surface area contributed by atoms with Gasteiger partial charge in [-0.2, -0.15) is 0 Å². The number of carbonyl (C=O) groups is 1. The second kappa shape index (κ2) is 9.37. The van der Waals surface area contributed by atoms with Gasteiger partial charge in [-0.3, -0.25) is 0 Å². The lowest BCUT2D eigenvalue weighted by molar-refractivity contribution is 0.232. The smallest absolute Gasteiger partial charge is 0.315 e. The van der Waals surface area contributed by atoms with Crippen molar-refractivity contribution >= 4 is 11.8 Å². The Morgan fingerprint density at radius 3 is 2.48 bits per heavy atom. The number of nitrogens with one attached hydrogen (secondary N) is 2. The van der Waals surface area contributed by atoms with Crippen LogP contribution >= 0.6 is 0 Å². The molecule has 6 heteroatoms. The van der Waals surface area contributed by atoms with Crippen molar-refractivity contribution in [2.45, 2.75) is 25.4 Å². The van der Waals surface area contributed by atoms with Gasteiger partial charge in [0, 0.05) is 32.4 Å². The van der Waals surface area contributed by atoms with Gasteiger partial charge in [-0.1, -0.05) is 36.4 Å². The van der Waals surface area contributed by atoms with E-state index in [0.717, 1.165) is 24.5 Å².